The van der Waals surface area contributed by atoms with Crippen molar-refractivity contribution in [1.82, 2.24) is 9.97 Å². The van der Waals surface area contributed by atoms with Crippen LogP contribution >= 0.6 is 0 Å². The van der Waals surface area contributed by atoms with Gasteiger partial charge in [-0.1, -0.05) is 38.8 Å². The van der Waals surface area contributed by atoms with Gasteiger partial charge in [0.05, 0.1) is 17.1 Å². The molecule has 1 aromatic heterocycles. The van der Waals surface area contributed by atoms with Gasteiger partial charge in [-0.2, -0.15) is 0 Å². The zero-order chi connectivity index (χ0) is 18.9. The van der Waals surface area contributed by atoms with Gasteiger partial charge in [-0.25, -0.2) is 4.98 Å². The van der Waals surface area contributed by atoms with Gasteiger partial charge >= 0.3 is 0 Å². The van der Waals surface area contributed by atoms with Gasteiger partial charge < -0.3 is 5.73 Å². The van der Waals surface area contributed by atoms with Crippen molar-refractivity contribution in [3.8, 4) is 11.3 Å². The highest BCUT2D eigenvalue weighted by Gasteiger charge is 2.37. The second-order valence-corrected chi connectivity index (χ2v) is 7.61. The first-order chi connectivity index (χ1) is 12.4. The number of benzene rings is 1. The molecule has 0 bridgehead atoms. The highest BCUT2D eigenvalue weighted by molar-refractivity contribution is 5.92. The first-order valence-electron chi connectivity index (χ1n) is 9.70. The summed E-state index contributed by atoms with van der Waals surface area (Å²) >= 11 is 0. The maximum Gasteiger partial charge on any atom is 0.269 e. The fraction of sp³-hybridized carbons (Fsp3) is 0.500. The summed E-state index contributed by atoms with van der Waals surface area (Å²) in [4.78, 5) is 20.7. The average molecular weight is 351 g/mol. The molecule has 1 aliphatic carbocycles. The molecule has 4 nitrogen and oxygen atoms in total. The largest absolute Gasteiger partial charge is 0.364 e. The lowest BCUT2D eigenvalue weighted by molar-refractivity contribution is 0.0994. The molecule has 0 radical (unpaired) electrons. The molecule has 3 rings (SSSR count). The van der Waals surface area contributed by atoms with Gasteiger partial charge in [0.2, 0.25) is 0 Å². The van der Waals surface area contributed by atoms with Crippen molar-refractivity contribution in [2.45, 2.75) is 71.6 Å². The molecule has 1 heterocycles. The van der Waals surface area contributed by atoms with Crippen LogP contribution in [0.4, 0.5) is 0 Å². The number of carbonyl (C=O) groups is 1. The third-order valence-corrected chi connectivity index (χ3v) is 5.76. The molecular formula is C22H29N3O. The molecule has 2 N–H and O–H groups in total. The van der Waals surface area contributed by atoms with Gasteiger partial charge in [-0.3, -0.25) is 9.78 Å². The van der Waals surface area contributed by atoms with Crippen LogP contribution in [0.3, 0.4) is 0 Å². The van der Waals surface area contributed by atoms with E-state index in [2.05, 4.69) is 42.0 Å². The van der Waals surface area contributed by atoms with Crippen molar-refractivity contribution in [3.05, 3.63) is 46.4 Å². The minimum atomic E-state index is -0.526. The fourth-order valence-corrected chi connectivity index (χ4v) is 4.71. The quantitative estimate of drug-likeness (QED) is 0.824. The summed E-state index contributed by atoms with van der Waals surface area (Å²) in [5.41, 5.74) is 12.2. The van der Waals surface area contributed by atoms with Crippen molar-refractivity contribution in [2.24, 2.45) is 5.73 Å². The second-order valence-electron chi connectivity index (χ2n) is 7.61. The molecule has 0 fully saturated rings. The molecule has 0 atom stereocenters. The molecule has 4 heteroatoms. The van der Waals surface area contributed by atoms with Crippen molar-refractivity contribution in [3.63, 3.8) is 0 Å². The van der Waals surface area contributed by atoms with Crippen LogP contribution in [0.2, 0.25) is 0 Å². The van der Waals surface area contributed by atoms with Crippen LogP contribution in [-0.2, 0) is 11.8 Å². The van der Waals surface area contributed by atoms with E-state index < -0.39 is 5.91 Å². The molecule has 0 spiro atoms. The number of hydrogen-bond acceptors (Lipinski definition) is 3. The van der Waals surface area contributed by atoms with Crippen molar-refractivity contribution >= 4 is 5.91 Å². The van der Waals surface area contributed by atoms with Crippen molar-refractivity contribution in [2.75, 3.05) is 0 Å². The molecule has 0 saturated heterocycles. The Morgan fingerprint density at radius 1 is 1.12 bits per heavy atom. The molecule has 1 aromatic carbocycles. The fourth-order valence-electron chi connectivity index (χ4n) is 4.71. The third kappa shape index (κ3) is 3.13. The van der Waals surface area contributed by atoms with E-state index >= 15 is 0 Å². The molecular weight excluding hydrogens is 322 g/mol. The monoisotopic (exact) mass is 351 g/mol. The maximum atomic E-state index is 11.7. The van der Waals surface area contributed by atoms with Gasteiger partial charge in [0.15, 0.2) is 0 Å². The number of aryl methyl sites for hydroxylation is 3. The summed E-state index contributed by atoms with van der Waals surface area (Å²) in [7, 11) is 0. The summed E-state index contributed by atoms with van der Waals surface area (Å²) < 4.78 is 0. The highest BCUT2D eigenvalue weighted by atomic mass is 16.1. The summed E-state index contributed by atoms with van der Waals surface area (Å²) in [6.07, 6.45) is 7.28. The first kappa shape index (κ1) is 18.6. The van der Waals surface area contributed by atoms with E-state index in [1.165, 1.54) is 43.2 Å². The Morgan fingerprint density at radius 2 is 1.81 bits per heavy atom. The molecule has 26 heavy (non-hydrogen) atoms. The van der Waals surface area contributed by atoms with E-state index in [-0.39, 0.29) is 5.69 Å². The Bertz CT molecular complexity index is 836. The number of aromatic nitrogens is 2. The minimum absolute atomic E-state index is 0.261. The van der Waals surface area contributed by atoms with E-state index in [4.69, 9.17) is 5.73 Å². The van der Waals surface area contributed by atoms with Crippen LogP contribution in [0.5, 0.6) is 0 Å². The van der Waals surface area contributed by atoms with E-state index in [0.29, 0.717) is 11.1 Å². The van der Waals surface area contributed by atoms with Crippen LogP contribution in [0, 0.1) is 13.8 Å². The number of amides is 1. The molecule has 1 aliphatic rings. The molecule has 0 saturated carbocycles. The lowest BCUT2D eigenvalue weighted by Crippen LogP contribution is -2.22. The van der Waals surface area contributed by atoms with Crippen LogP contribution in [-0.4, -0.2) is 15.9 Å². The molecule has 0 aliphatic heterocycles. The van der Waals surface area contributed by atoms with Crippen LogP contribution < -0.4 is 5.73 Å². The number of nitrogens with zero attached hydrogens (tertiary/aromatic N) is 2. The number of primary amides is 1. The zero-order valence-electron chi connectivity index (χ0n) is 16.4. The van der Waals surface area contributed by atoms with Gasteiger partial charge in [0.1, 0.15) is 5.69 Å². The third-order valence-electron chi connectivity index (χ3n) is 5.76. The van der Waals surface area contributed by atoms with Gasteiger partial charge in [-0.15, -0.1) is 0 Å². The van der Waals surface area contributed by atoms with Crippen molar-refractivity contribution < 1.29 is 4.79 Å². The number of rotatable bonds is 6. The van der Waals surface area contributed by atoms with Gasteiger partial charge in [0, 0.05) is 5.56 Å². The summed E-state index contributed by atoms with van der Waals surface area (Å²) in [6, 6.07) is 6.68. The Balaban J connectivity index is 2.06. The summed E-state index contributed by atoms with van der Waals surface area (Å²) in [5, 5.41) is 0. The standard InChI is InChI=1S/C22H29N3O/c1-5-10-22(11-6-2)12-9-16-13-17(7-8-18(16)22)19-14(3)24-15(4)20(25-19)21(23)26/h7-8,13H,5-6,9-12H2,1-4H3,(H2,23,26). The SMILES string of the molecule is CCCC1(CCC)CCc2cc(-c3nc(C(N)=O)c(C)nc3C)ccc21. The Kier molecular flexibility index (Phi) is 5.12. The second kappa shape index (κ2) is 7.18. The number of carbonyl (C=O) groups excluding carboxylic acids is 1. The Morgan fingerprint density at radius 3 is 2.42 bits per heavy atom. The van der Waals surface area contributed by atoms with Crippen LogP contribution in [0.25, 0.3) is 11.3 Å². The van der Waals surface area contributed by atoms with E-state index in [9.17, 15) is 4.79 Å². The lowest BCUT2D eigenvalue weighted by Gasteiger charge is -2.30. The predicted molar refractivity (Wildman–Crippen MR) is 105 cm³/mol. The average Bonchev–Trinajstić information content (AvgIpc) is 2.93. The lowest BCUT2D eigenvalue weighted by atomic mass is 9.74. The Hall–Kier alpha value is -2.23. The smallest absolute Gasteiger partial charge is 0.269 e. The predicted octanol–water partition coefficient (Wildman–Crippen LogP) is 4.64. The highest BCUT2D eigenvalue weighted by Crippen LogP contribution is 2.46. The molecule has 2 aromatic rings. The normalized spacial score (nSPS) is 15.1. The maximum absolute atomic E-state index is 11.7. The summed E-state index contributed by atoms with van der Waals surface area (Å²) in [5.74, 6) is -0.526. The van der Waals surface area contributed by atoms with Crippen LogP contribution in [0.1, 0.15) is 79.0 Å². The minimum Gasteiger partial charge on any atom is -0.364 e. The van der Waals surface area contributed by atoms with Gasteiger partial charge in [-0.05, 0) is 62.1 Å². The molecule has 0 unspecified atom stereocenters. The topological polar surface area (TPSA) is 68.9 Å². The first-order valence-corrected chi connectivity index (χ1v) is 9.70. The molecule has 138 valence electrons. The van der Waals surface area contributed by atoms with E-state index in [1.54, 1.807) is 6.92 Å². The molecule has 1 amide bonds. The summed E-state index contributed by atoms with van der Waals surface area (Å²) in [6.45, 7) is 8.27. The van der Waals surface area contributed by atoms with Crippen molar-refractivity contribution in [1.29, 1.82) is 0 Å². The van der Waals surface area contributed by atoms with E-state index in [0.717, 1.165) is 23.4 Å². The number of nitrogens with two attached hydrogens (primary N) is 1. The number of fused-ring (bicyclic) bond motifs is 1. The van der Waals surface area contributed by atoms with Crippen LogP contribution in [0.15, 0.2) is 18.2 Å². The number of hydrogen-bond donors (Lipinski definition) is 1. The zero-order valence-corrected chi connectivity index (χ0v) is 16.4. The van der Waals surface area contributed by atoms with E-state index in [1.807, 2.05) is 6.92 Å². The Labute approximate surface area is 156 Å². The van der Waals surface area contributed by atoms with Gasteiger partial charge in [0.25, 0.3) is 5.91 Å².